The van der Waals surface area contributed by atoms with Gasteiger partial charge in [0.2, 0.25) is 0 Å². The van der Waals surface area contributed by atoms with Gasteiger partial charge in [-0.2, -0.15) is 0 Å². The third-order valence-electron chi connectivity index (χ3n) is 3.49. The SMILES string of the molecule is COc1cc(Br)cc(NCc2nnc3n2CCCC3)c1. The summed E-state index contributed by atoms with van der Waals surface area (Å²) in [6.07, 6.45) is 3.47. The molecule has 1 aliphatic rings. The largest absolute Gasteiger partial charge is 0.497 e. The van der Waals surface area contributed by atoms with E-state index in [1.807, 2.05) is 18.2 Å². The van der Waals surface area contributed by atoms with Crippen LogP contribution < -0.4 is 10.1 Å². The summed E-state index contributed by atoms with van der Waals surface area (Å²) in [5.74, 6) is 2.93. The minimum atomic E-state index is 0.673. The van der Waals surface area contributed by atoms with Crippen molar-refractivity contribution in [2.24, 2.45) is 0 Å². The summed E-state index contributed by atoms with van der Waals surface area (Å²) in [5, 5.41) is 11.9. The van der Waals surface area contributed by atoms with Crippen molar-refractivity contribution in [3.05, 3.63) is 34.3 Å². The van der Waals surface area contributed by atoms with E-state index in [-0.39, 0.29) is 0 Å². The summed E-state index contributed by atoms with van der Waals surface area (Å²) < 4.78 is 8.48. The minimum absolute atomic E-state index is 0.673. The Labute approximate surface area is 126 Å². The van der Waals surface area contributed by atoms with Crippen molar-refractivity contribution in [2.75, 3.05) is 12.4 Å². The lowest BCUT2D eigenvalue weighted by molar-refractivity contribution is 0.414. The van der Waals surface area contributed by atoms with Crippen LogP contribution in [-0.4, -0.2) is 21.9 Å². The molecule has 0 radical (unpaired) electrons. The van der Waals surface area contributed by atoms with E-state index >= 15 is 0 Å². The fraction of sp³-hybridized carbons (Fsp3) is 0.429. The quantitative estimate of drug-likeness (QED) is 0.932. The Morgan fingerprint density at radius 2 is 2.20 bits per heavy atom. The first-order valence-corrected chi connectivity index (χ1v) is 7.55. The first-order valence-electron chi connectivity index (χ1n) is 6.75. The van der Waals surface area contributed by atoms with Gasteiger partial charge in [-0.1, -0.05) is 15.9 Å². The number of hydrogen-bond donors (Lipinski definition) is 1. The Bertz CT molecular complexity index is 611. The summed E-state index contributed by atoms with van der Waals surface area (Å²) in [7, 11) is 1.67. The highest BCUT2D eigenvalue weighted by Crippen LogP contribution is 2.25. The number of aromatic nitrogens is 3. The molecule has 106 valence electrons. The van der Waals surface area contributed by atoms with Gasteiger partial charge in [-0.05, 0) is 25.0 Å². The van der Waals surface area contributed by atoms with Crippen molar-refractivity contribution in [3.8, 4) is 5.75 Å². The molecular formula is C14H17BrN4O. The van der Waals surface area contributed by atoms with Gasteiger partial charge in [0, 0.05) is 29.2 Å². The van der Waals surface area contributed by atoms with Crippen molar-refractivity contribution in [3.63, 3.8) is 0 Å². The van der Waals surface area contributed by atoms with Crippen LogP contribution in [0.15, 0.2) is 22.7 Å². The number of rotatable bonds is 4. The van der Waals surface area contributed by atoms with E-state index < -0.39 is 0 Å². The lowest BCUT2D eigenvalue weighted by Gasteiger charge is -2.15. The van der Waals surface area contributed by atoms with Gasteiger partial charge in [0.15, 0.2) is 5.82 Å². The van der Waals surface area contributed by atoms with Crippen LogP contribution in [0.3, 0.4) is 0 Å². The van der Waals surface area contributed by atoms with Crippen molar-refractivity contribution < 1.29 is 4.74 Å². The van der Waals surface area contributed by atoms with Gasteiger partial charge < -0.3 is 14.6 Å². The predicted molar refractivity (Wildman–Crippen MR) is 81.0 cm³/mol. The molecule has 0 fully saturated rings. The van der Waals surface area contributed by atoms with E-state index in [1.54, 1.807) is 7.11 Å². The number of hydrogen-bond acceptors (Lipinski definition) is 4. The van der Waals surface area contributed by atoms with Crippen LogP contribution in [0.4, 0.5) is 5.69 Å². The molecule has 2 aromatic rings. The average Bonchev–Trinajstić information content (AvgIpc) is 2.88. The summed E-state index contributed by atoms with van der Waals surface area (Å²) in [6, 6.07) is 5.93. The molecule has 1 aromatic carbocycles. The van der Waals surface area contributed by atoms with Crippen molar-refractivity contribution >= 4 is 21.6 Å². The molecule has 1 N–H and O–H groups in total. The van der Waals surface area contributed by atoms with Crippen LogP contribution in [0.2, 0.25) is 0 Å². The molecule has 0 aliphatic carbocycles. The standard InChI is InChI=1S/C14H17BrN4O/c1-20-12-7-10(15)6-11(8-12)16-9-14-18-17-13-4-2-3-5-19(13)14/h6-8,16H,2-5,9H2,1H3. The monoisotopic (exact) mass is 336 g/mol. The van der Waals surface area contributed by atoms with Gasteiger partial charge in [-0.25, -0.2) is 0 Å². The third-order valence-corrected chi connectivity index (χ3v) is 3.95. The first-order chi connectivity index (χ1) is 9.76. The number of methoxy groups -OCH3 is 1. The number of aryl methyl sites for hydroxylation is 1. The highest BCUT2D eigenvalue weighted by atomic mass is 79.9. The Kier molecular flexibility index (Phi) is 3.91. The van der Waals surface area contributed by atoms with Crippen LogP contribution >= 0.6 is 15.9 Å². The van der Waals surface area contributed by atoms with Crippen molar-refractivity contribution in [1.82, 2.24) is 14.8 Å². The number of ether oxygens (including phenoxy) is 1. The van der Waals surface area contributed by atoms with E-state index in [4.69, 9.17) is 4.74 Å². The third kappa shape index (κ3) is 2.80. The highest BCUT2D eigenvalue weighted by Gasteiger charge is 2.15. The van der Waals surface area contributed by atoms with E-state index in [9.17, 15) is 0 Å². The maximum atomic E-state index is 5.26. The zero-order valence-electron chi connectivity index (χ0n) is 11.4. The van der Waals surface area contributed by atoms with E-state index in [0.29, 0.717) is 6.54 Å². The Balaban J connectivity index is 1.73. The second-order valence-electron chi connectivity index (χ2n) is 4.87. The smallest absolute Gasteiger partial charge is 0.152 e. The maximum absolute atomic E-state index is 5.26. The average molecular weight is 337 g/mol. The van der Waals surface area contributed by atoms with E-state index in [0.717, 1.165) is 40.5 Å². The fourth-order valence-electron chi connectivity index (χ4n) is 2.46. The molecule has 1 aliphatic heterocycles. The molecule has 0 atom stereocenters. The van der Waals surface area contributed by atoms with Gasteiger partial charge in [0.1, 0.15) is 11.6 Å². The molecule has 6 heteroatoms. The summed E-state index contributed by atoms with van der Waals surface area (Å²) in [6.45, 7) is 1.70. The fourth-order valence-corrected chi connectivity index (χ4v) is 2.94. The van der Waals surface area contributed by atoms with Gasteiger partial charge >= 0.3 is 0 Å². The number of nitrogens with one attached hydrogen (secondary N) is 1. The van der Waals surface area contributed by atoms with Crippen LogP contribution in [0.25, 0.3) is 0 Å². The molecule has 0 saturated carbocycles. The van der Waals surface area contributed by atoms with Gasteiger partial charge in [-0.15, -0.1) is 10.2 Å². The number of halogens is 1. The second-order valence-corrected chi connectivity index (χ2v) is 5.79. The Morgan fingerprint density at radius 1 is 1.30 bits per heavy atom. The number of benzene rings is 1. The predicted octanol–water partition coefficient (Wildman–Crippen LogP) is 3.00. The van der Waals surface area contributed by atoms with Crippen molar-refractivity contribution in [1.29, 1.82) is 0 Å². The second kappa shape index (κ2) is 5.83. The van der Waals surface area contributed by atoms with Gasteiger partial charge in [0.05, 0.1) is 13.7 Å². The molecule has 20 heavy (non-hydrogen) atoms. The highest BCUT2D eigenvalue weighted by molar-refractivity contribution is 9.10. The molecule has 0 spiro atoms. The molecule has 0 saturated heterocycles. The number of nitrogens with zero attached hydrogens (tertiary/aromatic N) is 3. The molecule has 0 unspecified atom stereocenters. The van der Waals surface area contributed by atoms with E-state index in [1.165, 1.54) is 12.8 Å². The molecule has 5 nitrogen and oxygen atoms in total. The molecule has 0 bridgehead atoms. The zero-order chi connectivity index (χ0) is 13.9. The summed E-state index contributed by atoms with van der Waals surface area (Å²) in [4.78, 5) is 0. The number of anilines is 1. The zero-order valence-corrected chi connectivity index (χ0v) is 13.0. The Morgan fingerprint density at radius 3 is 3.05 bits per heavy atom. The lowest BCUT2D eigenvalue weighted by Crippen LogP contribution is -2.15. The van der Waals surface area contributed by atoms with Crippen LogP contribution in [0, 0.1) is 0 Å². The molecular weight excluding hydrogens is 320 g/mol. The van der Waals surface area contributed by atoms with E-state index in [2.05, 4.69) is 36.0 Å². The summed E-state index contributed by atoms with van der Waals surface area (Å²) >= 11 is 3.48. The van der Waals surface area contributed by atoms with Gasteiger partial charge in [-0.3, -0.25) is 0 Å². The van der Waals surface area contributed by atoms with Crippen molar-refractivity contribution in [2.45, 2.75) is 32.4 Å². The minimum Gasteiger partial charge on any atom is -0.497 e. The van der Waals surface area contributed by atoms with Crippen LogP contribution in [0.1, 0.15) is 24.5 Å². The molecule has 1 aromatic heterocycles. The normalized spacial score (nSPS) is 13.9. The van der Waals surface area contributed by atoms with Crippen LogP contribution in [-0.2, 0) is 19.5 Å². The number of fused-ring (bicyclic) bond motifs is 1. The topological polar surface area (TPSA) is 52.0 Å². The lowest BCUT2D eigenvalue weighted by atomic mass is 10.2. The van der Waals surface area contributed by atoms with Gasteiger partial charge in [0.25, 0.3) is 0 Å². The molecule has 0 amide bonds. The van der Waals surface area contributed by atoms with Crippen LogP contribution in [0.5, 0.6) is 5.75 Å². The maximum Gasteiger partial charge on any atom is 0.152 e. The summed E-state index contributed by atoms with van der Waals surface area (Å²) in [5.41, 5.74) is 1.00. The molecule has 2 heterocycles. The molecule has 3 rings (SSSR count). The Hall–Kier alpha value is -1.56. The first kappa shape index (κ1) is 13.4.